The molecule has 0 aliphatic carbocycles. The highest BCUT2D eigenvalue weighted by atomic mass is 79.9. The van der Waals surface area contributed by atoms with Crippen LogP contribution in [-0.2, 0) is 4.79 Å². The Morgan fingerprint density at radius 3 is 2.95 bits per heavy atom. The summed E-state index contributed by atoms with van der Waals surface area (Å²) >= 11 is 3.20. The van der Waals surface area contributed by atoms with Gasteiger partial charge in [0.1, 0.15) is 5.82 Å². The number of rotatable bonds is 3. The number of hydrogen-bond donors (Lipinski definition) is 0. The van der Waals surface area contributed by atoms with Gasteiger partial charge in [-0.05, 0) is 30.5 Å². The van der Waals surface area contributed by atoms with Crippen molar-refractivity contribution in [3.05, 3.63) is 34.1 Å². The Morgan fingerprint density at radius 1 is 1.53 bits per heavy atom. The summed E-state index contributed by atoms with van der Waals surface area (Å²) in [5, 5.41) is 0. The fourth-order valence-electron chi connectivity index (χ4n) is 2.39. The monoisotopic (exact) mass is 327 g/mol. The molecule has 1 fully saturated rings. The third-order valence-electron chi connectivity index (χ3n) is 3.31. The van der Waals surface area contributed by atoms with Crippen LogP contribution in [-0.4, -0.2) is 23.3 Å². The zero-order chi connectivity index (χ0) is 14.0. The highest BCUT2D eigenvalue weighted by molar-refractivity contribution is 9.10. The fraction of sp³-hybridized carbons (Fsp3) is 0.429. The third-order valence-corrected chi connectivity index (χ3v) is 3.80. The van der Waals surface area contributed by atoms with E-state index in [1.807, 2.05) is 6.92 Å². The Bertz CT molecular complexity index is 518. The SMILES string of the molecule is CCCC1CC(=O)N(C(=O)c2cc(Br)ccc2F)C1. The molecule has 3 nitrogen and oxygen atoms in total. The Hall–Kier alpha value is -1.23. The van der Waals surface area contributed by atoms with E-state index in [-0.39, 0.29) is 17.4 Å². The minimum absolute atomic E-state index is 0.0557. The van der Waals surface area contributed by atoms with Crippen LogP contribution in [0.5, 0.6) is 0 Å². The molecule has 0 saturated carbocycles. The number of carbonyl (C=O) groups excluding carboxylic acids is 2. The molecule has 1 unspecified atom stereocenters. The first-order valence-corrected chi connectivity index (χ1v) is 7.12. The summed E-state index contributed by atoms with van der Waals surface area (Å²) in [6, 6.07) is 4.16. The number of hydrogen-bond acceptors (Lipinski definition) is 2. The maximum absolute atomic E-state index is 13.7. The van der Waals surface area contributed by atoms with Gasteiger partial charge in [-0.25, -0.2) is 4.39 Å². The molecule has 1 atom stereocenters. The minimum atomic E-state index is -0.597. The first-order valence-electron chi connectivity index (χ1n) is 6.32. The molecule has 0 bridgehead atoms. The molecule has 1 heterocycles. The largest absolute Gasteiger partial charge is 0.278 e. The average molecular weight is 328 g/mol. The van der Waals surface area contributed by atoms with Crippen LogP contribution in [0.2, 0.25) is 0 Å². The number of carbonyl (C=O) groups is 2. The lowest BCUT2D eigenvalue weighted by molar-refractivity contribution is -0.125. The lowest BCUT2D eigenvalue weighted by atomic mass is 10.0. The predicted octanol–water partition coefficient (Wildman–Crippen LogP) is 3.38. The van der Waals surface area contributed by atoms with Crippen molar-refractivity contribution in [2.24, 2.45) is 5.92 Å². The van der Waals surface area contributed by atoms with Crippen LogP contribution in [0.15, 0.2) is 22.7 Å². The third kappa shape index (κ3) is 3.03. The Balaban J connectivity index is 2.20. The van der Waals surface area contributed by atoms with E-state index >= 15 is 0 Å². The normalized spacial score (nSPS) is 19.0. The van der Waals surface area contributed by atoms with Crippen LogP contribution >= 0.6 is 15.9 Å². The van der Waals surface area contributed by atoms with Gasteiger partial charge < -0.3 is 0 Å². The summed E-state index contributed by atoms with van der Waals surface area (Å²) in [6.45, 7) is 2.44. The van der Waals surface area contributed by atoms with Gasteiger partial charge in [-0.3, -0.25) is 14.5 Å². The zero-order valence-electron chi connectivity index (χ0n) is 10.7. The molecule has 102 valence electrons. The van der Waals surface area contributed by atoms with Crippen LogP contribution in [0.3, 0.4) is 0 Å². The van der Waals surface area contributed by atoms with Gasteiger partial charge in [0.2, 0.25) is 5.91 Å². The van der Waals surface area contributed by atoms with Gasteiger partial charge in [-0.1, -0.05) is 29.3 Å². The Labute approximate surface area is 119 Å². The molecule has 0 N–H and O–H groups in total. The van der Waals surface area contributed by atoms with E-state index in [9.17, 15) is 14.0 Å². The van der Waals surface area contributed by atoms with Crippen molar-refractivity contribution in [3.8, 4) is 0 Å². The maximum atomic E-state index is 13.7. The number of amides is 2. The standard InChI is InChI=1S/C14H15BrFNO2/c1-2-3-9-6-13(18)17(8-9)14(19)11-7-10(15)4-5-12(11)16/h4-5,7,9H,2-3,6,8H2,1H3. The van der Waals surface area contributed by atoms with Gasteiger partial charge in [-0.15, -0.1) is 0 Å². The second-order valence-electron chi connectivity index (χ2n) is 4.79. The van der Waals surface area contributed by atoms with Crippen molar-refractivity contribution >= 4 is 27.7 Å². The number of likely N-dealkylation sites (tertiary alicyclic amines) is 1. The number of benzene rings is 1. The summed E-state index contributed by atoms with van der Waals surface area (Å²) in [5.41, 5.74) is -0.0557. The van der Waals surface area contributed by atoms with Gasteiger partial charge in [0, 0.05) is 17.4 Å². The molecule has 1 aliphatic heterocycles. The zero-order valence-corrected chi connectivity index (χ0v) is 12.2. The minimum Gasteiger partial charge on any atom is -0.278 e. The van der Waals surface area contributed by atoms with E-state index < -0.39 is 11.7 Å². The van der Waals surface area contributed by atoms with Crippen molar-refractivity contribution in [1.29, 1.82) is 0 Å². The molecule has 5 heteroatoms. The molecule has 2 rings (SSSR count). The molecule has 2 amide bonds. The Kier molecular flexibility index (Phi) is 4.34. The summed E-state index contributed by atoms with van der Waals surface area (Å²) in [7, 11) is 0. The molecular formula is C14H15BrFNO2. The van der Waals surface area contributed by atoms with Crippen molar-refractivity contribution in [3.63, 3.8) is 0 Å². The van der Waals surface area contributed by atoms with E-state index in [0.29, 0.717) is 17.4 Å². The molecular weight excluding hydrogens is 313 g/mol. The summed E-state index contributed by atoms with van der Waals surface area (Å²) < 4.78 is 14.3. The predicted molar refractivity (Wildman–Crippen MR) is 73.2 cm³/mol. The molecule has 0 spiro atoms. The molecule has 0 aromatic heterocycles. The van der Waals surface area contributed by atoms with E-state index in [2.05, 4.69) is 15.9 Å². The van der Waals surface area contributed by atoms with Gasteiger partial charge >= 0.3 is 0 Å². The van der Waals surface area contributed by atoms with Crippen LogP contribution < -0.4 is 0 Å². The van der Waals surface area contributed by atoms with Crippen LogP contribution in [0, 0.1) is 11.7 Å². The van der Waals surface area contributed by atoms with Crippen molar-refractivity contribution in [1.82, 2.24) is 4.90 Å². The second-order valence-corrected chi connectivity index (χ2v) is 5.71. The number of nitrogens with zero attached hydrogens (tertiary/aromatic N) is 1. The highest BCUT2D eigenvalue weighted by Gasteiger charge is 2.34. The van der Waals surface area contributed by atoms with Gasteiger partial charge in [0.25, 0.3) is 5.91 Å². The van der Waals surface area contributed by atoms with Crippen LogP contribution in [0.25, 0.3) is 0 Å². The van der Waals surface area contributed by atoms with Gasteiger partial charge in [0.15, 0.2) is 0 Å². The summed E-state index contributed by atoms with van der Waals surface area (Å²) in [6.07, 6.45) is 2.27. The average Bonchev–Trinajstić information content (AvgIpc) is 2.73. The van der Waals surface area contributed by atoms with E-state index in [1.54, 1.807) is 0 Å². The summed E-state index contributed by atoms with van der Waals surface area (Å²) in [5.74, 6) is -1.14. The quantitative estimate of drug-likeness (QED) is 0.798. The molecule has 19 heavy (non-hydrogen) atoms. The topological polar surface area (TPSA) is 37.4 Å². The first-order chi connectivity index (χ1) is 9.02. The highest BCUT2D eigenvalue weighted by Crippen LogP contribution is 2.25. The van der Waals surface area contributed by atoms with Crippen molar-refractivity contribution in [2.75, 3.05) is 6.54 Å². The van der Waals surface area contributed by atoms with Crippen molar-refractivity contribution < 1.29 is 14.0 Å². The fourth-order valence-corrected chi connectivity index (χ4v) is 2.75. The van der Waals surface area contributed by atoms with Gasteiger partial charge in [0.05, 0.1) is 5.56 Å². The number of imide groups is 1. The molecule has 1 saturated heterocycles. The van der Waals surface area contributed by atoms with E-state index in [0.717, 1.165) is 12.8 Å². The van der Waals surface area contributed by atoms with Gasteiger partial charge in [-0.2, -0.15) is 0 Å². The molecule has 1 aromatic rings. The molecule has 0 radical (unpaired) electrons. The maximum Gasteiger partial charge on any atom is 0.263 e. The van der Waals surface area contributed by atoms with Crippen LogP contribution in [0.1, 0.15) is 36.5 Å². The number of halogens is 2. The summed E-state index contributed by atoms with van der Waals surface area (Å²) in [4.78, 5) is 25.2. The smallest absolute Gasteiger partial charge is 0.263 e. The Morgan fingerprint density at radius 2 is 2.26 bits per heavy atom. The first kappa shape index (κ1) is 14.2. The van der Waals surface area contributed by atoms with Crippen molar-refractivity contribution in [2.45, 2.75) is 26.2 Å². The van der Waals surface area contributed by atoms with Crippen LogP contribution in [0.4, 0.5) is 4.39 Å². The molecule has 1 aromatic carbocycles. The lowest BCUT2D eigenvalue weighted by Gasteiger charge is -2.15. The van der Waals surface area contributed by atoms with E-state index in [4.69, 9.17) is 0 Å². The second kappa shape index (κ2) is 5.82. The molecule has 1 aliphatic rings. The van der Waals surface area contributed by atoms with E-state index in [1.165, 1.54) is 23.1 Å². The lowest BCUT2D eigenvalue weighted by Crippen LogP contribution is -2.33.